The SMILES string of the molecule is COc1ccc2ncc(CN3CCOCC3)c([C@@H](O)CCC3(C(=O)O)CCN(CCCc4cc(F)c(F)c(F)c4)CC3)c2c1. The number of methoxy groups -OCH3 is 1. The monoisotopic (exact) mass is 615 g/mol. The minimum Gasteiger partial charge on any atom is -0.497 e. The summed E-state index contributed by atoms with van der Waals surface area (Å²) in [5, 5.41) is 22.8. The zero-order chi connectivity index (χ0) is 31.3. The van der Waals surface area contributed by atoms with Gasteiger partial charge in [-0.1, -0.05) is 0 Å². The predicted octanol–water partition coefficient (Wildman–Crippen LogP) is 5.11. The van der Waals surface area contributed by atoms with Crippen molar-refractivity contribution >= 4 is 16.9 Å². The highest BCUT2D eigenvalue weighted by Gasteiger charge is 2.41. The second-order valence-corrected chi connectivity index (χ2v) is 11.9. The van der Waals surface area contributed by atoms with E-state index in [2.05, 4.69) is 14.8 Å². The zero-order valence-electron chi connectivity index (χ0n) is 25.0. The molecule has 0 unspecified atom stereocenters. The van der Waals surface area contributed by atoms with Crippen molar-refractivity contribution in [1.82, 2.24) is 14.8 Å². The number of benzene rings is 2. The molecule has 0 amide bonds. The van der Waals surface area contributed by atoms with Gasteiger partial charge in [-0.2, -0.15) is 0 Å². The minimum atomic E-state index is -1.47. The number of nitrogens with zero attached hydrogens (tertiary/aromatic N) is 3. The molecule has 5 rings (SSSR count). The third-order valence-corrected chi connectivity index (χ3v) is 9.18. The smallest absolute Gasteiger partial charge is 0.309 e. The van der Waals surface area contributed by atoms with Crippen molar-refractivity contribution in [2.24, 2.45) is 5.41 Å². The third-order valence-electron chi connectivity index (χ3n) is 9.18. The number of aromatic nitrogens is 1. The van der Waals surface area contributed by atoms with Gasteiger partial charge in [-0.3, -0.25) is 14.7 Å². The molecule has 2 saturated heterocycles. The van der Waals surface area contributed by atoms with Crippen molar-refractivity contribution < 1.29 is 37.7 Å². The minimum absolute atomic E-state index is 0.278. The highest BCUT2D eigenvalue weighted by Crippen LogP contribution is 2.40. The lowest BCUT2D eigenvalue weighted by Crippen LogP contribution is -2.44. The maximum absolute atomic E-state index is 13.5. The highest BCUT2D eigenvalue weighted by molar-refractivity contribution is 5.85. The lowest BCUT2D eigenvalue weighted by molar-refractivity contribution is -0.153. The zero-order valence-corrected chi connectivity index (χ0v) is 25.0. The van der Waals surface area contributed by atoms with Crippen LogP contribution in [0.2, 0.25) is 0 Å². The molecule has 2 aliphatic heterocycles. The lowest BCUT2D eigenvalue weighted by atomic mass is 9.73. The van der Waals surface area contributed by atoms with Crippen LogP contribution in [-0.2, 0) is 22.5 Å². The van der Waals surface area contributed by atoms with E-state index in [4.69, 9.17) is 9.47 Å². The molecule has 2 N–H and O–H groups in total. The summed E-state index contributed by atoms with van der Waals surface area (Å²) < 4.78 is 51.3. The Morgan fingerprint density at radius 2 is 1.77 bits per heavy atom. The normalized spacial score (nSPS) is 18.4. The number of carboxylic acids is 1. The first-order valence-electron chi connectivity index (χ1n) is 15.2. The quantitative estimate of drug-likeness (QED) is 0.272. The fraction of sp³-hybridized carbons (Fsp3) is 0.515. The van der Waals surface area contributed by atoms with Gasteiger partial charge in [-0.15, -0.1) is 0 Å². The van der Waals surface area contributed by atoms with Gasteiger partial charge in [0.2, 0.25) is 0 Å². The summed E-state index contributed by atoms with van der Waals surface area (Å²) in [5.74, 6) is -4.07. The number of rotatable bonds is 12. The van der Waals surface area contributed by atoms with Crippen LogP contribution in [0.25, 0.3) is 10.9 Å². The van der Waals surface area contributed by atoms with Crippen molar-refractivity contribution in [2.75, 3.05) is 53.0 Å². The molecule has 0 spiro atoms. The number of carbonyl (C=O) groups is 1. The van der Waals surface area contributed by atoms with E-state index in [1.807, 2.05) is 24.4 Å². The maximum atomic E-state index is 13.5. The summed E-state index contributed by atoms with van der Waals surface area (Å²) in [5.41, 5.74) is 1.82. The molecule has 0 saturated carbocycles. The Bertz CT molecular complexity index is 1440. The summed E-state index contributed by atoms with van der Waals surface area (Å²) in [6, 6.07) is 7.61. The number of carboxylic acid groups (broad SMARTS) is 1. The van der Waals surface area contributed by atoms with Gasteiger partial charge in [0.1, 0.15) is 5.75 Å². The number of likely N-dealkylation sites (tertiary alicyclic amines) is 1. The van der Waals surface area contributed by atoms with Gasteiger partial charge in [0, 0.05) is 31.2 Å². The number of hydrogen-bond acceptors (Lipinski definition) is 7. The number of pyridine rings is 1. The standard InChI is InChI=1S/C33H40F3N3O5/c1-43-24-4-5-28-25(19-24)30(23(20-37-28)21-39-13-15-44-16-14-39)29(40)6-7-33(32(41)42)8-11-38(12-9-33)10-2-3-22-17-26(34)31(36)27(35)18-22/h4-5,17-20,29,40H,2-3,6-16,21H2,1H3,(H,41,42)/t29-/m0/s1. The van der Waals surface area contributed by atoms with Crippen LogP contribution < -0.4 is 4.74 Å². The number of hydrogen-bond donors (Lipinski definition) is 2. The van der Waals surface area contributed by atoms with Gasteiger partial charge in [0.15, 0.2) is 17.5 Å². The second kappa shape index (κ2) is 14.2. The maximum Gasteiger partial charge on any atom is 0.309 e. The van der Waals surface area contributed by atoms with Gasteiger partial charge in [0.25, 0.3) is 0 Å². The molecule has 44 heavy (non-hydrogen) atoms. The Hall–Kier alpha value is -3.25. The molecule has 1 aromatic heterocycles. The fourth-order valence-corrected chi connectivity index (χ4v) is 6.47. The van der Waals surface area contributed by atoms with Crippen LogP contribution in [-0.4, -0.2) is 84.0 Å². The molecule has 0 radical (unpaired) electrons. The number of aryl methyl sites for hydroxylation is 1. The first-order valence-corrected chi connectivity index (χ1v) is 15.2. The first kappa shape index (κ1) is 32.2. The molecule has 0 aliphatic carbocycles. The molecule has 3 aromatic rings. The number of halogens is 3. The Morgan fingerprint density at radius 3 is 2.43 bits per heavy atom. The van der Waals surface area contributed by atoms with Gasteiger partial charge >= 0.3 is 5.97 Å². The van der Waals surface area contributed by atoms with Crippen molar-refractivity contribution in [1.29, 1.82) is 0 Å². The second-order valence-electron chi connectivity index (χ2n) is 11.9. The average Bonchev–Trinajstić information content (AvgIpc) is 3.03. The number of morpholine rings is 1. The topological polar surface area (TPSA) is 95.4 Å². The molecule has 2 aliphatic rings. The number of aliphatic carboxylic acids is 1. The molecule has 2 fully saturated rings. The lowest BCUT2D eigenvalue weighted by Gasteiger charge is -2.39. The van der Waals surface area contributed by atoms with Gasteiger partial charge in [-0.25, -0.2) is 13.2 Å². The van der Waals surface area contributed by atoms with Gasteiger partial charge in [-0.05, 0) is 105 Å². The predicted molar refractivity (Wildman–Crippen MR) is 159 cm³/mol. The van der Waals surface area contributed by atoms with E-state index < -0.39 is 34.9 Å². The molecular formula is C33H40F3N3O5. The van der Waals surface area contributed by atoms with Crippen LogP contribution in [0.4, 0.5) is 13.2 Å². The largest absolute Gasteiger partial charge is 0.497 e. The van der Waals surface area contributed by atoms with Crippen LogP contribution in [0.1, 0.15) is 54.9 Å². The van der Waals surface area contributed by atoms with Crippen LogP contribution in [0.5, 0.6) is 5.75 Å². The molecule has 2 aromatic carbocycles. The van der Waals surface area contributed by atoms with Crippen LogP contribution >= 0.6 is 0 Å². The van der Waals surface area contributed by atoms with Gasteiger partial charge < -0.3 is 24.6 Å². The Labute approximate surface area is 255 Å². The molecule has 3 heterocycles. The molecule has 238 valence electrons. The van der Waals surface area contributed by atoms with Crippen LogP contribution in [0.15, 0.2) is 36.5 Å². The van der Waals surface area contributed by atoms with E-state index in [9.17, 15) is 28.2 Å². The van der Waals surface area contributed by atoms with E-state index in [-0.39, 0.29) is 6.42 Å². The molecular weight excluding hydrogens is 575 g/mol. The van der Waals surface area contributed by atoms with E-state index in [0.29, 0.717) is 82.8 Å². The van der Waals surface area contributed by atoms with Crippen molar-refractivity contribution in [3.8, 4) is 5.75 Å². The van der Waals surface area contributed by atoms with E-state index in [0.717, 1.165) is 47.3 Å². The van der Waals surface area contributed by atoms with E-state index >= 15 is 0 Å². The van der Waals surface area contributed by atoms with Crippen LogP contribution in [0, 0.1) is 22.9 Å². The summed E-state index contributed by atoms with van der Waals surface area (Å²) in [4.78, 5) is 21.7. The Morgan fingerprint density at radius 1 is 1.07 bits per heavy atom. The van der Waals surface area contributed by atoms with Crippen molar-refractivity contribution in [3.05, 3.63) is 70.7 Å². The number of aliphatic hydroxyl groups is 1. The molecule has 8 nitrogen and oxygen atoms in total. The molecule has 0 bridgehead atoms. The summed E-state index contributed by atoms with van der Waals surface area (Å²) in [6.45, 7) is 5.21. The Balaban J connectivity index is 1.25. The number of piperidine rings is 1. The number of aliphatic hydroxyl groups excluding tert-OH is 1. The fourth-order valence-electron chi connectivity index (χ4n) is 6.47. The summed E-state index contributed by atoms with van der Waals surface area (Å²) >= 11 is 0. The highest BCUT2D eigenvalue weighted by atomic mass is 19.2. The summed E-state index contributed by atoms with van der Waals surface area (Å²) in [7, 11) is 1.59. The van der Waals surface area contributed by atoms with Gasteiger partial charge in [0.05, 0.1) is 37.4 Å². The summed E-state index contributed by atoms with van der Waals surface area (Å²) in [6.07, 6.45) is 3.36. The van der Waals surface area contributed by atoms with Crippen molar-refractivity contribution in [2.45, 2.75) is 51.2 Å². The number of fused-ring (bicyclic) bond motifs is 1. The Kier molecular flexibility index (Phi) is 10.4. The average molecular weight is 616 g/mol. The van der Waals surface area contributed by atoms with Crippen molar-refractivity contribution in [3.63, 3.8) is 0 Å². The van der Waals surface area contributed by atoms with E-state index in [1.54, 1.807) is 7.11 Å². The van der Waals surface area contributed by atoms with Crippen LogP contribution in [0.3, 0.4) is 0 Å². The number of ether oxygens (including phenoxy) is 2. The molecule has 11 heteroatoms. The third kappa shape index (κ3) is 7.34. The molecule has 1 atom stereocenters. The first-order chi connectivity index (χ1) is 21.2. The van der Waals surface area contributed by atoms with E-state index in [1.165, 1.54) is 0 Å².